The maximum absolute atomic E-state index is 12.5. The molecule has 2 rings (SSSR count). The first kappa shape index (κ1) is 16.3. The van der Waals surface area contributed by atoms with E-state index in [1.165, 1.54) is 0 Å². The predicted octanol–water partition coefficient (Wildman–Crippen LogP) is 2.97. The van der Waals surface area contributed by atoms with Crippen LogP contribution < -0.4 is 4.90 Å². The van der Waals surface area contributed by atoms with Crippen molar-refractivity contribution < 1.29 is 14.3 Å². The van der Waals surface area contributed by atoms with Gasteiger partial charge in [0, 0.05) is 5.69 Å². The molecule has 1 fully saturated rings. The molecular weight excluding hydrogens is 290 g/mol. The smallest absolute Gasteiger partial charge is 0.244 e. The second kappa shape index (κ2) is 7.78. The number of nitrogens with zero attached hydrogens (tertiary/aromatic N) is 1. The molecule has 1 aromatic rings. The number of hydrogen-bond donors (Lipinski definition) is 0. The maximum atomic E-state index is 12.5. The highest BCUT2D eigenvalue weighted by Crippen LogP contribution is 2.24. The van der Waals surface area contributed by atoms with E-state index < -0.39 is 5.38 Å². The van der Waals surface area contributed by atoms with E-state index in [2.05, 4.69) is 6.92 Å². The van der Waals surface area contributed by atoms with Crippen LogP contribution in [0.4, 0.5) is 5.69 Å². The second-order valence-corrected chi connectivity index (χ2v) is 5.73. The molecule has 5 heteroatoms. The van der Waals surface area contributed by atoms with Crippen LogP contribution in [0.25, 0.3) is 0 Å². The molecule has 0 aromatic heterocycles. The van der Waals surface area contributed by atoms with E-state index in [-0.39, 0.29) is 12.2 Å². The van der Waals surface area contributed by atoms with Crippen molar-refractivity contribution in [1.82, 2.24) is 0 Å². The zero-order chi connectivity index (χ0) is 15.2. The van der Waals surface area contributed by atoms with Gasteiger partial charge in [-0.2, -0.15) is 0 Å². The van der Waals surface area contributed by atoms with Gasteiger partial charge in [-0.05, 0) is 31.4 Å². The molecular formula is C16H22ClNO3. The third-order valence-electron chi connectivity index (χ3n) is 3.50. The summed E-state index contributed by atoms with van der Waals surface area (Å²) < 4.78 is 11.1. The van der Waals surface area contributed by atoms with Gasteiger partial charge < -0.3 is 14.4 Å². The minimum Gasteiger partial charge on any atom is -0.351 e. The third-order valence-corrected chi connectivity index (χ3v) is 3.68. The number of carbonyl (C=O) groups excluding carboxylic acids is 1. The molecule has 1 aliphatic heterocycles. The molecule has 116 valence electrons. The van der Waals surface area contributed by atoms with E-state index >= 15 is 0 Å². The summed E-state index contributed by atoms with van der Waals surface area (Å²) in [6.45, 7) is 5.46. The lowest BCUT2D eigenvalue weighted by atomic mass is 10.1. The fourth-order valence-electron chi connectivity index (χ4n) is 2.39. The van der Waals surface area contributed by atoms with Crippen molar-refractivity contribution in [2.24, 2.45) is 0 Å². The highest BCUT2D eigenvalue weighted by molar-refractivity contribution is 6.32. The van der Waals surface area contributed by atoms with Crippen molar-refractivity contribution in [2.45, 2.75) is 38.4 Å². The fraction of sp³-hybridized carbons (Fsp3) is 0.562. The Hall–Kier alpha value is -1.10. The third kappa shape index (κ3) is 4.19. The number of carbonyl (C=O) groups is 1. The minimum atomic E-state index is -0.585. The van der Waals surface area contributed by atoms with Crippen molar-refractivity contribution in [3.8, 4) is 0 Å². The molecule has 0 aliphatic carbocycles. The molecule has 0 spiro atoms. The number of anilines is 1. The lowest BCUT2D eigenvalue weighted by molar-refractivity contribution is -0.173. The van der Waals surface area contributed by atoms with Crippen molar-refractivity contribution in [3.05, 3.63) is 29.8 Å². The first-order valence-corrected chi connectivity index (χ1v) is 7.83. The molecule has 1 saturated heterocycles. The molecule has 0 N–H and O–H groups in total. The predicted molar refractivity (Wildman–Crippen MR) is 83.8 cm³/mol. The van der Waals surface area contributed by atoms with Crippen LogP contribution in [0.2, 0.25) is 0 Å². The number of benzene rings is 1. The van der Waals surface area contributed by atoms with Crippen LogP contribution in [-0.2, 0) is 20.7 Å². The highest BCUT2D eigenvalue weighted by atomic mass is 35.5. The van der Waals surface area contributed by atoms with Crippen LogP contribution in [0.15, 0.2) is 24.3 Å². The first-order valence-electron chi connectivity index (χ1n) is 7.40. The molecule has 0 bridgehead atoms. The average Bonchev–Trinajstić information content (AvgIpc) is 2.53. The Labute approximate surface area is 131 Å². The van der Waals surface area contributed by atoms with Gasteiger partial charge in [0.1, 0.15) is 5.38 Å². The Morgan fingerprint density at radius 1 is 1.38 bits per heavy atom. The molecule has 0 saturated carbocycles. The Morgan fingerprint density at radius 3 is 2.67 bits per heavy atom. The number of alkyl halides is 1. The van der Waals surface area contributed by atoms with Gasteiger partial charge in [0.05, 0.1) is 19.8 Å². The number of halogens is 1. The molecule has 1 atom stereocenters. The van der Waals surface area contributed by atoms with Crippen LogP contribution in [-0.4, -0.2) is 37.3 Å². The normalized spacial score (nSPS) is 17.5. The van der Waals surface area contributed by atoms with Crippen molar-refractivity contribution in [1.29, 1.82) is 0 Å². The zero-order valence-electron chi connectivity index (χ0n) is 12.5. The average molecular weight is 312 g/mol. The van der Waals surface area contributed by atoms with Gasteiger partial charge in [-0.25, -0.2) is 0 Å². The van der Waals surface area contributed by atoms with Gasteiger partial charge in [0.15, 0.2) is 6.29 Å². The summed E-state index contributed by atoms with van der Waals surface area (Å²) in [5.41, 5.74) is 1.99. The highest BCUT2D eigenvalue weighted by Gasteiger charge is 2.26. The van der Waals surface area contributed by atoms with Crippen LogP contribution in [0.1, 0.15) is 25.8 Å². The lowest BCUT2D eigenvalue weighted by Crippen LogP contribution is -2.44. The maximum Gasteiger partial charge on any atom is 0.244 e. The minimum absolute atomic E-state index is 0.129. The van der Waals surface area contributed by atoms with Gasteiger partial charge in [-0.3, -0.25) is 4.79 Å². The summed E-state index contributed by atoms with van der Waals surface area (Å²) in [5.74, 6) is -0.129. The van der Waals surface area contributed by atoms with E-state index in [0.29, 0.717) is 19.8 Å². The molecule has 4 nitrogen and oxygen atoms in total. The summed E-state index contributed by atoms with van der Waals surface area (Å²) in [7, 11) is 0. The summed E-state index contributed by atoms with van der Waals surface area (Å²) >= 11 is 6.01. The largest absolute Gasteiger partial charge is 0.351 e. The Balaban J connectivity index is 2.24. The van der Waals surface area contributed by atoms with E-state index in [0.717, 1.165) is 24.1 Å². The zero-order valence-corrected chi connectivity index (χ0v) is 13.3. The molecule has 1 aliphatic rings. The summed E-state index contributed by atoms with van der Waals surface area (Å²) in [4.78, 5) is 14.2. The SMILES string of the molecule is CCc1ccccc1N(CC1OCCCO1)C(=O)C(C)Cl. The number of hydrogen-bond acceptors (Lipinski definition) is 3. The molecule has 0 radical (unpaired) electrons. The molecule has 1 amide bonds. The lowest BCUT2D eigenvalue weighted by Gasteiger charge is -2.31. The summed E-state index contributed by atoms with van der Waals surface area (Å²) in [6, 6.07) is 7.87. The van der Waals surface area contributed by atoms with Crippen molar-refractivity contribution in [3.63, 3.8) is 0 Å². The molecule has 1 aromatic carbocycles. The van der Waals surface area contributed by atoms with E-state index in [1.54, 1.807) is 11.8 Å². The van der Waals surface area contributed by atoms with Crippen molar-refractivity contribution >= 4 is 23.2 Å². The second-order valence-electron chi connectivity index (χ2n) is 5.07. The fourth-order valence-corrected chi connectivity index (χ4v) is 2.50. The van der Waals surface area contributed by atoms with Crippen LogP contribution in [0.5, 0.6) is 0 Å². The Morgan fingerprint density at radius 2 is 2.05 bits per heavy atom. The van der Waals surface area contributed by atoms with Gasteiger partial charge in [-0.15, -0.1) is 11.6 Å². The summed E-state index contributed by atoms with van der Waals surface area (Å²) in [6.07, 6.45) is 1.35. The number of para-hydroxylation sites is 1. The van der Waals surface area contributed by atoms with E-state index in [9.17, 15) is 4.79 Å². The Kier molecular flexibility index (Phi) is 6.03. The topological polar surface area (TPSA) is 38.8 Å². The van der Waals surface area contributed by atoms with E-state index in [4.69, 9.17) is 21.1 Å². The number of amides is 1. The molecule has 1 heterocycles. The first-order chi connectivity index (χ1) is 10.1. The van der Waals surface area contributed by atoms with Crippen molar-refractivity contribution in [2.75, 3.05) is 24.7 Å². The standard InChI is InChI=1S/C16H22ClNO3/c1-3-13-7-4-5-8-14(13)18(16(19)12(2)17)11-15-20-9-6-10-21-15/h4-5,7-8,12,15H,3,6,9-11H2,1-2H3. The quantitative estimate of drug-likeness (QED) is 0.785. The summed E-state index contributed by atoms with van der Waals surface area (Å²) in [5, 5.41) is -0.585. The van der Waals surface area contributed by atoms with Crippen LogP contribution in [0, 0.1) is 0 Å². The Bertz CT molecular complexity index is 472. The number of rotatable bonds is 5. The van der Waals surface area contributed by atoms with Gasteiger partial charge in [-0.1, -0.05) is 25.1 Å². The number of aryl methyl sites for hydroxylation is 1. The van der Waals surface area contributed by atoms with E-state index in [1.807, 2.05) is 24.3 Å². The van der Waals surface area contributed by atoms with Gasteiger partial charge in [0.2, 0.25) is 5.91 Å². The monoisotopic (exact) mass is 311 g/mol. The molecule has 1 unspecified atom stereocenters. The van der Waals surface area contributed by atoms with Gasteiger partial charge in [0.25, 0.3) is 0 Å². The molecule has 21 heavy (non-hydrogen) atoms. The van der Waals surface area contributed by atoms with Crippen LogP contribution in [0.3, 0.4) is 0 Å². The van der Waals surface area contributed by atoms with Crippen LogP contribution >= 0.6 is 11.6 Å². The number of ether oxygens (including phenoxy) is 2. The van der Waals surface area contributed by atoms with Gasteiger partial charge >= 0.3 is 0 Å².